The molecule has 10 nitrogen and oxygen atoms in total. The fourth-order valence-electron chi connectivity index (χ4n) is 3.38. The van der Waals surface area contributed by atoms with E-state index in [0.717, 1.165) is 0 Å². The minimum atomic E-state index is -0.814. The molecule has 0 bridgehead atoms. The van der Waals surface area contributed by atoms with E-state index in [1.807, 2.05) is 13.8 Å². The Morgan fingerprint density at radius 1 is 1.13 bits per heavy atom. The van der Waals surface area contributed by atoms with Crippen LogP contribution in [0.2, 0.25) is 11.1 Å². The summed E-state index contributed by atoms with van der Waals surface area (Å²) in [5.41, 5.74) is 6.80. The Balaban J connectivity index is 1.98. The molecule has 4 unspecified atom stereocenters. The van der Waals surface area contributed by atoms with Gasteiger partial charge in [0.05, 0.1) is 0 Å². The minimum absolute atomic E-state index is 0.246. The first kappa shape index (κ1) is 22.5. The number of carbonyl (C=O) groups is 2. The molecule has 1 saturated heterocycles. The van der Waals surface area contributed by atoms with E-state index in [9.17, 15) is 9.59 Å². The van der Waals surface area contributed by atoms with E-state index in [1.54, 1.807) is 4.57 Å². The van der Waals surface area contributed by atoms with Gasteiger partial charge in [0, 0.05) is 0 Å². The number of nitrogens with two attached hydrogens (primary N) is 1. The molecule has 3 heterocycles. The first-order valence-corrected chi connectivity index (χ1v) is 12.9. The molecular weight excluding hydrogens is 457 g/mol. The van der Waals surface area contributed by atoms with E-state index >= 15 is 0 Å². The number of rotatable bonds is 9. The van der Waals surface area contributed by atoms with Gasteiger partial charge in [-0.1, -0.05) is 0 Å². The number of nitrogens with zero attached hydrogens (tertiary/aromatic N) is 4. The van der Waals surface area contributed by atoms with Crippen LogP contribution in [0.3, 0.4) is 0 Å². The van der Waals surface area contributed by atoms with Gasteiger partial charge in [-0.2, -0.15) is 0 Å². The Bertz CT molecular complexity index is 891. The van der Waals surface area contributed by atoms with E-state index in [-0.39, 0.29) is 39.1 Å². The summed E-state index contributed by atoms with van der Waals surface area (Å²) in [4.78, 5) is 37.2. The van der Waals surface area contributed by atoms with E-state index in [0.29, 0.717) is 35.7 Å². The van der Waals surface area contributed by atoms with Crippen molar-refractivity contribution in [1.29, 1.82) is 0 Å². The normalized spacial score (nSPS) is 23.6. The van der Waals surface area contributed by atoms with Gasteiger partial charge in [-0.15, -0.1) is 0 Å². The van der Waals surface area contributed by atoms with Crippen LogP contribution >= 0.6 is 0 Å². The van der Waals surface area contributed by atoms with E-state index in [2.05, 4.69) is 20.8 Å². The average Bonchev–Trinajstić information content (AvgIpc) is 3.26. The van der Waals surface area contributed by atoms with Crippen LogP contribution in [0.5, 0.6) is 0 Å². The molecule has 0 spiro atoms. The number of esters is 2. The molecule has 164 valence electrons. The van der Waals surface area contributed by atoms with Crippen molar-refractivity contribution in [3.8, 4) is 0 Å². The van der Waals surface area contributed by atoms with Crippen LogP contribution < -0.4 is 5.73 Å². The number of fused-ring (bicyclic) bond motifs is 1. The number of aromatic nitrogens is 4. The second-order valence-corrected chi connectivity index (χ2v) is 8.92. The topological polar surface area (TPSA) is 131 Å². The summed E-state index contributed by atoms with van der Waals surface area (Å²) in [5, 5.41) is 0.707. The molecule has 30 heavy (non-hydrogen) atoms. The third-order valence-electron chi connectivity index (χ3n) is 4.72. The predicted molar refractivity (Wildman–Crippen MR) is 110 cm³/mol. The number of hydrogen-bond donors (Lipinski definition) is 1. The first-order chi connectivity index (χ1) is 14.5. The van der Waals surface area contributed by atoms with Crippen LogP contribution in [0.1, 0.15) is 45.8 Å². The number of hydrogen-bond acceptors (Lipinski definition) is 9. The molecule has 4 atom stereocenters. The molecule has 3 rings (SSSR count). The van der Waals surface area contributed by atoms with Gasteiger partial charge in [-0.05, 0) is 0 Å². The first-order valence-electron chi connectivity index (χ1n) is 9.96. The average molecular weight is 484 g/mol. The molecule has 11 heteroatoms. The third kappa shape index (κ3) is 4.74. The van der Waals surface area contributed by atoms with Gasteiger partial charge in [0.15, 0.2) is 0 Å². The monoisotopic (exact) mass is 485 g/mol. The summed E-state index contributed by atoms with van der Waals surface area (Å²) in [6, 6.07) is 0. The van der Waals surface area contributed by atoms with Crippen molar-refractivity contribution in [3.63, 3.8) is 0 Å². The second-order valence-electron chi connectivity index (χ2n) is 7.01. The second kappa shape index (κ2) is 10.2. The molecule has 2 aromatic rings. The van der Waals surface area contributed by atoms with Crippen molar-refractivity contribution in [2.75, 3.05) is 5.73 Å². The number of ether oxygens (including phenoxy) is 3. The van der Waals surface area contributed by atoms with Gasteiger partial charge in [0.2, 0.25) is 0 Å². The molecule has 1 fully saturated rings. The Labute approximate surface area is 181 Å². The molecule has 1 aliphatic heterocycles. The van der Waals surface area contributed by atoms with Gasteiger partial charge in [-0.3, -0.25) is 0 Å². The maximum atomic E-state index is 12.4. The van der Waals surface area contributed by atoms with Gasteiger partial charge in [0.25, 0.3) is 0 Å². The Morgan fingerprint density at radius 2 is 1.80 bits per heavy atom. The van der Waals surface area contributed by atoms with Crippen LogP contribution in [0.25, 0.3) is 11.2 Å². The van der Waals surface area contributed by atoms with Crippen molar-refractivity contribution in [1.82, 2.24) is 19.5 Å². The fraction of sp³-hybridized carbons (Fsp3) is 0.632. The van der Waals surface area contributed by atoms with Crippen LogP contribution in [-0.4, -0.2) is 64.7 Å². The summed E-state index contributed by atoms with van der Waals surface area (Å²) in [6.07, 6.45) is 2.10. The van der Waals surface area contributed by atoms with Crippen molar-refractivity contribution in [2.45, 2.75) is 75.2 Å². The molecule has 1 aliphatic rings. The van der Waals surface area contributed by atoms with Crippen molar-refractivity contribution >= 4 is 43.9 Å². The van der Waals surface area contributed by atoms with Crippen LogP contribution in [0.4, 0.5) is 5.82 Å². The SMILES string of the molecule is CCCC(=O)OC1C(C[Se]C)OC(n2cnc3c(N)ncnc32)C1OC(=O)CCC. The molecule has 0 radical (unpaired) electrons. The summed E-state index contributed by atoms with van der Waals surface area (Å²) in [5.74, 6) is 1.62. The Morgan fingerprint density at radius 3 is 2.43 bits per heavy atom. The summed E-state index contributed by atoms with van der Waals surface area (Å²) < 4.78 is 19.5. The van der Waals surface area contributed by atoms with Crippen LogP contribution in [0, 0.1) is 0 Å². The molecule has 2 aromatic heterocycles. The molecule has 0 aromatic carbocycles. The van der Waals surface area contributed by atoms with E-state index in [1.165, 1.54) is 12.7 Å². The van der Waals surface area contributed by atoms with Crippen LogP contribution in [-0.2, 0) is 23.8 Å². The maximum absolute atomic E-state index is 12.4. The standard InChI is InChI=1S/C19H27N5O5Se/c1-4-6-12(25)28-15-11(8-30-3)27-19(16(15)29-13(26)7-5-2)24-10-23-14-17(20)21-9-22-18(14)24/h9-11,15-16,19H,4-8H2,1-3H3,(H2,20,21,22). The zero-order chi connectivity index (χ0) is 21.7. The summed E-state index contributed by atoms with van der Waals surface area (Å²) in [6.45, 7) is 3.80. The number of anilines is 1. The molecule has 0 amide bonds. The van der Waals surface area contributed by atoms with Gasteiger partial charge < -0.3 is 0 Å². The number of carbonyl (C=O) groups excluding carboxylic acids is 2. The van der Waals surface area contributed by atoms with E-state index in [4.69, 9.17) is 19.9 Å². The zero-order valence-electron chi connectivity index (χ0n) is 17.3. The Kier molecular flexibility index (Phi) is 7.63. The predicted octanol–water partition coefficient (Wildman–Crippen LogP) is 1.90. The van der Waals surface area contributed by atoms with Crippen molar-refractivity contribution in [2.24, 2.45) is 0 Å². The number of imidazole rings is 1. The summed E-state index contributed by atoms with van der Waals surface area (Å²) >= 11 is 0.260. The molecule has 2 N–H and O–H groups in total. The fourth-order valence-corrected chi connectivity index (χ4v) is 4.64. The zero-order valence-corrected chi connectivity index (χ0v) is 19.0. The van der Waals surface area contributed by atoms with Crippen molar-refractivity contribution in [3.05, 3.63) is 12.7 Å². The molecule has 0 saturated carbocycles. The molecule has 0 aliphatic carbocycles. The number of nitrogen functional groups attached to an aromatic ring is 1. The Hall–Kier alpha value is -2.23. The van der Waals surface area contributed by atoms with Gasteiger partial charge >= 0.3 is 181 Å². The van der Waals surface area contributed by atoms with Gasteiger partial charge in [-0.25, -0.2) is 0 Å². The molecular formula is C19H27N5O5Se. The van der Waals surface area contributed by atoms with Gasteiger partial charge in [0.1, 0.15) is 0 Å². The van der Waals surface area contributed by atoms with Crippen molar-refractivity contribution < 1.29 is 23.8 Å². The summed E-state index contributed by atoms with van der Waals surface area (Å²) in [7, 11) is 0. The third-order valence-corrected chi connectivity index (χ3v) is 6.11. The van der Waals surface area contributed by atoms with E-state index < -0.39 is 24.5 Å². The quantitative estimate of drug-likeness (QED) is 0.419. The van der Waals surface area contributed by atoms with Crippen LogP contribution in [0.15, 0.2) is 12.7 Å².